The van der Waals surface area contributed by atoms with E-state index in [1.54, 1.807) is 6.20 Å². The lowest BCUT2D eigenvalue weighted by Gasteiger charge is -2.35. The van der Waals surface area contributed by atoms with Crippen LogP contribution in [0.3, 0.4) is 0 Å². The molecule has 3 heterocycles. The fraction of sp³-hybridized carbons (Fsp3) is 0.519. The van der Waals surface area contributed by atoms with Crippen LogP contribution in [0.5, 0.6) is 0 Å². The molecule has 1 aliphatic heterocycles. The molecule has 3 aromatic rings. The predicted octanol–water partition coefficient (Wildman–Crippen LogP) is 3.63. The third-order valence-electron chi connectivity index (χ3n) is 7.25. The number of fused-ring (bicyclic) bond motifs is 1. The van der Waals surface area contributed by atoms with Crippen molar-refractivity contribution in [3.8, 4) is 0 Å². The second kappa shape index (κ2) is 11.0. The molecule has 1 aromatic carbocycles. The Morgan fingerprint density at radius 1 is 1.15 bits per heavy atom. The maximum Gasteiger partial charge on any atom is 0.276 e. The fourth-order valence-corrected chi connectivity index (χ4v) is 5.28. The zero-order valence-corrected chi connectivity index (χ0v) is 20.7. The molecule has 0 radical (unpaired) electrons. The Morgan fingerprint density at radius 2 is 1.94 bits per heavy atom. The van der Waals surface area contributed by atoms with Gasteiger partial charge in [0.15, 0.2) is 0 Å². The number of aromatic nitrogens is 3. The summed E-state index contributed by atoms with van der Waals surface area (Å²) in [6, 6.07) is 10.9. The number of benzene rings is 1. The van der Waals surface area contributed by atoms with E-state index in [2.05, 4.69) is 38.9 Å². The molecule has 1 unspecified atom stereocenters. The minimum atomic E-state index is -0.209. The van der Waals surface area contributed by atoms with Crippen LogP contribution in [-0.2, 0) is 17.9 Å². The number of nitrogens with one attached hydrogen (secondary N) is 1. The summed E-state index contributed by atoms with van der Waals surface area (Å²) in [5, 5.41) is 8.78. The maximum absolute atomic E-state index is 13.2. The predicted molar refractivity (Wildman–Crippen MR) is 136 cm³/mol. The number of amides is 1. The first-order valence-electron chi connectivity index (χ1n) is 12.6. The van der Waals surface area contributed by atoms with Gasteiger partial charge in [-0.1, -0.05) is 43.7 Å². The fourth-order valence-electron chi connectivity index (χ4n) is 5.28. The topological polar surface area (TPSA) is 72.2 Å². The highest BCUT2D eigenvalue weighted by Crippen LogP contribution is 2.23. The summed E-state index contributed by atoms with van der Waals surface area (Å²) in [4.78, 5) is 28.3. The van der Waals surface area contributed by atoms with Crippen LogP contribution < -0.4 is 10.9 Å². The first kappa shape index (κ1) is 24.2. The van der Waals surface area contributed by atoms with Gasteiger partial charge in [0, 0.05) is 42.5 Å². The van der Waals surface area contributed by atoms with Crippen LogP contribution in [-0.4, -0.2) is 50.8 Å². The molecule has 7 heteroatoms. The minimum absolute atomic E-state index is 0.0571. The Hall–Kier alpha value is -2.93. The molecule has 2 aromatic heterocycles. The van der Waals surface area contributed by atoms with Gasteiger partial charge >= 0.3 is 0 Å². The second-order valence-electron chi connectivity index (χ2n) is 9.44. The Balaban J connectivity index is 1.39. The van der Waals surface area contributed by atoms with Gasteiger partial charge in [0.25, 0.3) is 5.56 Å². The van der Waals surface area contributed by atoms with Crippen LogP contribution in [0.25, 0.3) is 10.8 Å². The average molecular weight is 464 g/mol. The molecule has 7 nitrogen and oxygen atoms in total. The summed E-state index contributed by atoms with van der Waals surface area (Å²) >= 11 is 0. The van der Waals surface area contributed by atoms with E-state index in [0.29, 0.717) is 24.5 Å². The Bertz CT molecular complexity index is 1180. The maximum atomic E-state index is 13.2. The highest BCUT2D eigenvalue weighted by atomic mass is 16.2. The molecule has 34 heavy (non-hydrogen) atoms. The standard InChI is InChI=1S/C27H37N5O2/c1-4-23-13-8-9-15-30(23)16-10-14-28-25(33)19-32-27(34)26-21(3)31(20(2)24(26)17-29-32)18-22-11-6-5-7-12-22/h5-7,11-12,17,23H,4,8-10,13-16,18-19H2,1-3H3,(H,28,33). The molecule has 1 N–H and O–H groups in total. The molecule has 0 spiro atoms. The van der Waals surface area contributed by atoms with Crippen LogP contribution in [0.2, 0.25) is 0 Å². The third-order valence-corrected chi connectivity index (χ3v) is 7.25. The van der Waals surface area contributed by atoms with Gasteiger partial charge in [-0.25, -0.2) is 4.68 Å². The van der Waals surface area contributed by atoms with Crippen LogP contribution >= 0.6 is 0 Å². The lowest BCUT2D eigenvalue weighted by atomic mass is 10.00. The quantitative estimate of drug-likeness (QED) is 0.492. The summed E-state index contributed by atoms with van der Waals surface area (Å²) < 4.78 is 3.44. The van der Waals surface area contributed by atoms with E-state index in [1.165, 1.54) is 35.9 Å². The van der Waals surface area contributed by atoms with E-state index in [0.717, 1.165) is 36.3 Å². The zero-order chi connectivity index (χ0) is 24.1. The number of hydrogen-bond acceptors (Lipinski definition) is 4. The first-order chi connectivity index (χ1) is 16.5. The van der Waals surface area contributed by atoms with E-state index in [1.807, 2.05) is 32.0 Å². The van der Waals surface area contributed by atoms with Crippen molar-refractivity contribution in [3.05, 3.63) is 63.8 Å². The first-order valence-corrected chi connectivity index (χ1v) is 12.6. The highest BCUT2D eigenvalue weighted by Gasteiger charge is 2.20. The van der Waals surface area contributed by atoms with Gasteiger partial charge in [-0.3, -0.25) is 9.59 Å². The number of nitrogens with zero attached hydrogens (tertiary/aromatic N) is 4. The Kier molecular flexibility index (Phi) is 7.83. The van der Waals surface area contributed by atoms with Crippen molar-refractivity contribution in [1.29, 1.82) is 0 Å². The molecule has 0 bridgehead atoms. The molecule has 1 aliphatic rings. The smallest absolute Gasteiger partial charge is 0.276 e. The molecule has 1 saturated heterocycles. The largest absolute Gasteiger partial charge is 0.354 e. The Labute approximate surface area is 201 Å². The van der Waals surface area contributed by atoms with E-state index in [-0.39, 0.29) is 18.0 Å². The third kappa shape index (κ3) is 5.25. The molecular formula is C27H37N5O2. The van der Waals surface area contributed by atoms with Gasteiger partial charge in [0.2, 0.25) is 5.91 Å². The number of carbonyl (C=O) groups is 1. The SMILES string of the molecule is CCC1CCCCN1CCCNC(=O)Cn1ncc2c(C)n(Cc3ccccc3)c(C)c2c1=O. The van der Waals surface area contributed by atoms with E-state index in [4.69, 9.17) is 0 Å². The van der Waals surface area contributed by atoms with Gasteiger partial charge in [0.05, 0.1) is 11.6 Å². The van der Waals surface area contributed by atoms with Crippen molar-refractivity contribution in [2.45, 2.75) is 72.0 Å². The molecule has 1 amide bonds. The Morgan fingerprint density at radius 3 is 2.71 bits per heavy atom. The van der Waals surface area contributed by atoms with Crippen LogP contribution in [0.1, 0.15) is 56.0 Å². The zero-order valence-electron chi connectivity index (χ0n) is 20.7. The van der Waals surface area contributed by atoms with E-state index in [9.17, 15) is 9.59 Å². The normalized spacial score (nSPS) is 16.7. The number of hydrogen-bond donors (Lipinski definition) is 1. The van der Waals surface area contributed by atoms with Gasteiger partial charge in [0.1, 0.15) is 6.54 Å². The summed E-state index contributed by atoms with van der Waals surface area (Å²) in [6.07, 6.45) is 7.71. The molecule has 182 valence electrons. The summed E-state index contributed by atoms with van der Waals surface area (Å²) in [5.41, 5.74) is 2.89. The van der Waals surface area contributed by atoms with E-state index >= 15 is 0 Å². The lowest BCUT2D eigenvalue weighted by Crippen LogP contribution is -2.41. The number of carbonyl (C=O) groups excluding carboxylic acids is 1. The van der Waals surface area contributed by atoms with Gasteiger partial charge < -0.3 is 14.8 Å². The number of likely N-dealkylation sites (tertiary alicyclic amines) is 1. The molecule has 0 saturated carbocycles. The van der Waals surface area contributed by atoms with Crippen molar-refractivity contribution < 1.29 is 4.79 Å². The van der Waals surface area contributed by atoms with Crippen molar-refractivity contribution in [2.24, 2.45) is 0 Å². The van der Waals surface area contributed by atoms with Crippen molar-refractivity contribution in [1.82, 2.24) is 24.6 Å². The minimum Gasteiger partial charge on any atom is -0.354 e. The number of piperidine rings is 1. The lowest BCUT2D eigenvalue weighted by molar-refractivity contribution is -0.121. The van der Waals surface area contributed by atoms with Crippen molar-refractivity contribution in [2.75, 3.05) is 19.6 Å². The highest BCUT2D eigenvalue weighted by molar-refractivity contribution is 5.87. The molecule has 1 atom stereocenters. The van der Waals surface area contributed by atoms with Crippen LogP contribution in [0.15, 0.2) is 41.3 Å². The summed E-state index contributed by atoms with van der Waals surface area (Å²) in [5.74, 6) is -0.169. The van der Waals surface area contributed by atoms with Crippen LogP contribution in [0.4, 0.5) is 0 Å². The summed E-state index contributed by atoms with van der Waals surface area (Å²) in [6.45, 7) is 9.67. The number of aryl methyl sites for hydroxylation is 2. The molecule has 4 rings (SSSR count). The van der Waals surface area contributed by atoms with Gasteiger partial charge in [-0.15, -0.1) is 0 Å². The molecule has 0 aliphatic carbocycles. The van der Waals surface area contributed by atoms with Gasteiger partial charge in [-0.05, 0) is 51.6 Å². The number of rotatable bonds is 9. The monoisotopic (exact) mass is 463 g/mol. The van der Waals surface area contributed by atoms with Crippen molar-refractivity contribution >= 4 is 16.7 Å². The average Bonchev–Trinajstić information content (AvgIpc) is 3.09. The molecule has 1 fully saturated rings. The van der Waals surface area contributed by atoms with Crippen LogP contribution in [0, 0.1) is 13.8 Å². The molecular weight excluding hydrogens is 426 g/mol. The van der Waals surface area contributed by atoms with Crippen molar-refractivity contribution in [3.63, 3.8) is 0 Å². The second-order valence-corrected chi connectivity index (χ2v) is 9.44. The summed E-state index contributed by atoms with van der Waals surface area (Å²) in [7, 11) is 0. The van der Waals surface area contributed by atoms with Gasteiger partial charge in [-0.2, -0.15) is 5.10 Å². The van der Waals surface area contributed by atoms with E-state index < -0.39 is 0 Å².